The van der Waals surface area contributed by atoms with Crippen LogP contribution >= 0.6 is 0 Å². The Kier molecular flexibility index (Phi) is 3.17. The first kappa shape index (κ1) is 9.69. The van der Waals surface area contributed by atoms with E-state index in [2.05, 4.69) is 29.7 Å². The van der Waals surface area contributed by atoms with Crippen molar-refractivity contribution < 1.29 is 4.84 Å². The summed E-state index contributed by atoms with van der Waals surface area (Å²) in [5.41, 5.74) is 6.01. The van der Waals surface area contributed by atoms with Gasteiger partial charge in [-0.05, 0) is 37.3 Å². The van der Waals surface area contributed by atoms with Crippen LogP contribution in [0.1, 0.15) is 36.9 Å². The van der Waals surface area contributed by atoms with Crippen molar-refractivity contribution in [2.45, 2.75) is 32.2 Å². The second kappa shape index (κ2) is 4.58. The van der Waals surface area contributed by atoms with Gasteiger partial charge in [0.05, 0.1) is 12.6 Å². The number of hydroxylamine groups is 1. The molecular weight excluding hydrogens is 174 g/mol. The summed E-state index contributed by atoms with van der Waals surface area (Å²) in [6, 6.07) is 9.02. The molecule has 14 heavy (non-hydrogen) atoms. The molecule has 0 saturated heterocycles. The fourth-order valence-corrected chi connectivity index (χ4v) is 2.06. The van der Waals surface area contributed by atoms with Gasteiger partial charge in [-0.25, -0.2) is 0 Å². The summed E-state index contributed by atoms with van der Waals surface area (Å²) in [5, 5.41) is 0. The van der Waals surface area contributed by atoms with Gasteiger partial charge in [-0.3, -0.25) is 0 Å². The van der Waals surface area contributed by atoms with Gasteiger partial charge >= 0.3 is 0 Å². The predicted molar refractivity (Wildman–Crippen MR) is 56.9 cm³/mol. The standard InChI is InChI=1S/C12H17NO/c1-2-14-13-12-9-5-7-10-6-3-4-8-11(10)12/h3-4,6,8,12-13H,2,5,7,9H2,1H3. The van der Waals surface area contributed by atoms with Gasteiger partial charge in [0, 0.05) is 0 Å². The fraction of sp³-hybridized carbons (Fsp3) is 0.500. The molecule has 1 atom stereocenters. The normalized spacial score (nSPS) is 20.5. The molecule has 2 heteroatoms. The lowest BCUT2D eigenvalue weighted by molar-refractivity contribution is 0.0197. The number of benzene rings is 1. The van der Waals surface area contributed by atoms with Gasteiger partial charge in [-0.1, -0.05) is 24.3 Å². The molecular formula is C12H17NO. The summed E-state index contributed by atoms with van der Waals surface area (Å²) < 4.78 is 0. The van der Waals surface area contributed by atoms with Crippen molar-refractivity contribution in [3.8, 4) is 0 Å². The third kappa shape index (κ3) is 1.97. The SMILES string of the molecule is CCONC1CCCc2ccccc21. The Hall–Kier alpha value is -0.860. The van der Waals surface area contributed by atoms with E-state index in [1.807, 2.05) is 6.92 Å². The largest absolute Gasteiger partial charge is 0.302 e. The molecule has 0 heterocycles. The smallest absolute Gasteiger partial charge is 0.0654 e. The number of hydrogen-bond donors (Lipinski definition) is 1. The Labute approximate surface area is 85.2 Å². The number of aryl methyl sites for hydroxylation is 1. The average molecular weight is 191 g/mol. The van der Waals surface area contributed by atoms with E-state index in [9.17, 15) is 0 Å². The van der Waals surface area contributed by atoms with Crippen LogP contribution in [-0.4, -0.2) is 6.61 Å². The Morgan fingerprint density at radius 1 is 1.43 bits per heavy atom. The molecule has 0 aliphatic heterocycles. The molecule has 0 aromatic heterocycles. The molecule has 1 aliphatic carbocycles. The first-order valence-electron chi connectivity index (χ1n) is 5.37. The highest BCUT2D eigenvalue weighted by Crippen LogP contribution is 2.29. The van der Waals surface area contributed by atoms with Crippen molar-refractivity contribution in [2.24, 2.45) is 0 Å². The zero-order chi connectivity index (χ0) is 9.80. The summed E-state index contributed by atoms with van der Waals surface area (Å²) in [6.07, 6.45) is 3.64. The number of nitrogens with one attached hydrogen (secondary N) is 1. The van der Waals surface area contributed by atoms with Crippen LogP contribution in [0.3, 0.4) is 0 Å². The monoisotopic (exact) mass is 191 g/mol. The van der Waals surface area contributed by atoms with Gasteiger partial charge < -0.3 is 4.84 Å². The zero-order valence-electron chi connectivity index (χ0n) is 8.62. The van der Waals surface area contributed by atoms with E-state index in [1.165, 1.54) is 30.4 Å². The van der Waals surface area contributed by atoms with Gasteiger partial charge in [-0.2, -0.15) is 5.48 Å². The molecule has 0 fully saturated rings. The first-order valence-corrected chi connectivity index (χ1v) is 5.37. The maximum absolute atomic E-state index is 5.28. The number of rotatable bonds is 3. The molecule has 0 bridgehead atoms. The quantitative estimate of drug-likeness (QED) is 0.741. The summed E-state index contributed by atoms with van der Waals surface area (Å²) in [6.45, 7) is 2.72. The molecule has 0 spiro atoms. The molecule has 0 amide bonds. The van der Waals surface area contributed by atoms with Gasteiger partial charge in [-0.15, -0.1) is 0 Å². The van der Waals surface area contributed by atoms with Crippen LogP contribution in [0.5, 0.6) is 0 Å². The lowest BCUT2D eigenvalue weighted by Crippen LogP contribution is -2.25. The maximum Gasteiger partial charge on any atom is 0.0654 e. The van der Waals surface area contributed by atoms with E-state index in [1.54, 1.807) is 0 Å². The summed E-state index contributed by atoms with van der Waals surface area (Å²) in [5.74, 6) is 0. The van der Waals surface area contributed by atoms with Crippen molar-refractivity contribution in [1.82, 2.24) is 5.48 Å². The summed E-state index contributed by atoms with van der Waals surface area (Å²) in [4.78, 5) is 5.28. The third-order valence-electron chi connectivity index (χ3n) is 2.74. The maximum atomic E-state index is 5.28. The molecule has 0 saturated carbocycles. The van der Waals surface area contributed by atoms with Crippen molar-refractivity contribution in [2.75, 3.05) is 6.61 Å². The minimum atomic E-state index is 0.389. The third-order valence-corrected chi connectivity index (χ3v) is 2.74. The highest BCUT2D eigenvalue weighted by Gasteiger charge is 2.18. The van der Waals surface area contributed by atoms with E-state index in [0.717, 1.165) is 6.61 Å². The molecule has 2 rings (SSSR count). The van der Waals surface area contributed by atoms with E-state index in [-0.39, 0.29) is 0 Å². The van der Waals surface area contributed by atoms with Gasteiger partial charge in [0.25, 0.3) is 0 Å². The second-order valence-electron chi connectivity index (χ2n) is 3.69. The molecule has 0 radical (unpaired) electrons. The average Bonchev–Trinajstić information content (AvgIpc) is 2.26. The number of fused-ring (bicyclic) bond motifs is 1. The minimum absolute atomic E-state index is 0.389. The van der Waals surface area contributed by atoms with E-state index in [4.69, 9.17) is 4.84 Å². The molecule has 76 valence electrons. The van der Waals surface area contributed by atoms with Crippen LogP contribution in [0.25, 0.3) is 0 Å². The van der Waals surface area contributed by atoms with Crippen LogP contribution in [-0.2, 0) is 11.3 Å². The summed E-state index contributed by atoms with van der Waals surface area (Å²) >= 11 is 0. The van der Waals surface area contributed by atoms with Crippen molar-refractivity contribution in [3.63, 3.8) is 0 Å². The van der Waals surface area contributed by atoms with Crippen LogP contribution in [0.4, 0.5) is 0 Å². The minimum Gasteiger partial charge on any atom is -0.302 e. The Morgan fingerprint density at radius 2 is 2.29 bits per heavy atom. The lowest BCUT2D eigenvalue weighted by atomic mass is 9.88. The Morgan fingerprint density at radius 3 is 3.14 bits per heavy atom. The van der Waals surface area contributed by atoms with Crippen molar-refractivity contribution in [3.05, 3.63) is 35.4 Å². The van der Waals surface area contributed by atoms with Gasteiger partial charge in [0.15, 0.2) is 0 Å². The van der Waals surface area contributed by atoms with Crippen LogP contribution in [0.15, 0.2) is 24.3 Å². The van der Waals surface area contributed by atoms with Crippen LogP contribution in [0.2, 0.25) is 0 Å². The zero-order valence-corrected chi connectivity index (χ0v) is 8.62. The highest BCUT2D eigenvalue weighted by molar-refractivity contribution is 5.31. The first-order chi connectivity index (χ1) is 6.92. The van der Waals surface area contributed by atoms with E-state index >= 15 is 0 Å². The van der Waals surface area contributed by atoms with Crippen molar-refractivity contribution >= 4 is 0 Å². The van der Waals surface area contributed by atoms with E-state index in [0.29, 0.717) is 6.04 Å². The van der Waals surface area contributed by atoms with E-state index < -0.39 is 0 Å². The van der Waals surface area contributed by atoms with Gasteiger partial charge in [0.2, 0.25) is 0 Å². The molecule has 1 aliphatic rings. The molecule has 1 aromatic rings. The Bertz CT molecular complexity index is 298. The van der Waals surface area contributed by atoms with Crippen molar-refractivity contribution in [1.29, 1.82) is 0 Å². The predicted octanol–water partition coefficient (Wildman–Crippen LogP) is 2.61. The van der Waals surface area contributed by atoms with Crippen LogP contribution in [0, 0.1) is 0 Å². The number of hydrogen-bond acceptors (Lipinski definition) is 2. The highest BCUT2D eigenvalue weighted by atomic mass is 16.6. The second-order valence-corrected chi connectivity index (χ2v) is 3.69. The Balaban J connectivity index is 2.14. The van der Waals surface area contributed by atoms with Crippen LogP contribution < -0.4 is 5.48 Å². The summed E-state index contributed by atoms with van der Waals surface area (Å²) in [7, 11) is 0. The lowest BCUT2D eigenvalue weighted by Gasteiger charge is -2.25. The topological polar surface area (TPSA) is 21.3 Å². The fourth-order valence-electron chi connectivity index (χ4n) is 2.06. The molecule has 2 nitrogen and oxygen atoms in total. The van der Waals surface area contributed by atoms with Gasteiger partial charge in [0.1, 0.15) is 0 Å². The molecule has 1 aromatic carbocycles. The molecule has 1 N–H and O–H groups in total. The molecule has 1 unspecified atom stereocenters.